The number of carbonyl (C=O) groups excluding carboxylic acids is 2. The summed E-state index contributed by atoms with van der Waals surface area (Å²) >= 11 is 1.65. The van der Waals surface area contributed by atoms with Crippen molar-refractivity contribution in [2.75, 3.05) is 18.9 Å². The first-order chi connectivity index (χ1) is 12.0. The number of hydrogen-bond donors (Lipinski definition) is 1. The lowest BCUT2D eigenvalue weighted by molar-refractivity contribution is -0.147. The van der Waals surface area contributed by atoms with Crippen LogP contribution in [-0.4, -0.2) is 30.8 Å². The monoisotopic (exact) mass is 361 g/mol. The third-order valence-electron chi connectivity index (χ3n) is 3.34. The van der Waals surface area contributed by atoms with E-state index < -0.39 is 5.97 Å². The molecule has 0 fully saturated rings. The summed E-state index contributed by atoms with van der Waals surface area (Å²) in [5.41, 5.74) is 1.85. The van der Waals surface area contributed by atoms with Crippen LogP contribution < -0.4 is 5.32 Å². The van der Waals surface area contributed by atoms with E-state index in [1.165, 1.54) is 29.8 Å². The number of thioether (sulfide) groups is 1. The first-order valence-electron chi connectivity index (χ1n) is 7.89. The van der Waals surface area contributed by atoms with Gasteiger partial charge in [0, 0.05) is 17.2 Å². The quantitative estimate of drug-likeness (QED) is 0.446. The fourth-order valence-corrected chi connectivity index (χ4v) is 2.78. The Morgan fingerprint density at radius 1 is 1.08 bits per heavy atom. The van der Waals surface area contributed by atoms with Gasteiger partial charge in [0.1, 0.15) is 5.82 Å². The van der Waals surface area contributed by atoms with Gasteiger partial charge in [-0.3, -0.25) is 9.59 Å². The first-order valence-corrected chi connectivity index (χ1v) is 8.88. The van der Waals surface area contributed by atoms with Gasteiger partial charge >= 0.3 is 5.97 Å². The molecule has 1 amide bonds. The van der Waals surface area contributed by atoms with Gasteiger partial charge in [-0.1, -0.05) is 29.8 Å². The van der Waals surface area contributed by atoms with E-state index in [1.54, 1.807) is 11.8 Å². The minimum atomic E-state index is -0.518. The molecule has 0 aliphatic rings. The van der Waals surface area contributed by atoms with Gasteiger partial charge in [0.05, 0.1) is 6.42 Å². The highest BCUT2D eigenvalue weighted by molar-refractivity contribution is 7.99. The molecule has 0 heterocycles. The fourth-order valence-electron chi connectivity index (χ4n) is 2.01. The van der Waals surface area contributed by atoms with Crippen LogP contribution in [0.3, 0.4) is 0 Å². The van der Waals surface area contributed by atoms with Crippen molar-refractivity contribution in [3.05, 3.63) is 65.5 Å². The van der Waals surface area contributed by atoms with E-state index in [-0.39, 0.29) is 24.8 Å². The molecule has 25 heavy (non-hydrogen) atoms. The summed E-state index contributed by atoms with van der Waals surface area (Å²) in [4.78, 5) is 24.4. The smallest absolute Gasteiger partial charge is 0.310 e. The highest BCUT2D eigenvalue weighted by Crippen LogP contribution is 2.17. The average Bonchev–Trinajstić information content (AvgIpc) is 2.60. The second-order valence-electron chi connectivity index (χ2n) is 5.48. The van der Waals surface area contributed by atoms with Gasteiger partial charge in [0.25, 0.3) is 5.91 Å². The number of hydrogen-bond acceptors (Lipinski definition) is 4. The maximum Gasteiger partial charge on any atom is 0.310 e. The topological polar surface area (TPSA) is 55.4 Å². The zero-order valence-electron chi connectivity index (χ0n) is 14.0. The van der Waals surface area contributed by atoms with Gasteiger partial charge in [-0.25, -0.2) is 4.39 Å². The molecule has 0 saturated heterocycles. The van der Waals surface area contributed by atoms with E-state index in [1.807, 2.05) is 31.2 Å². The van der Waals surface area contributed by atoms with E-state index in [4.69, 9.17) is 4.74 Å². The molecular formula is C19H20FNO3S. The van der Waals surface area contributed by atoms with Crippen molar-refractivity contribution >= 4 is 23.6 Å². The summed E-state index contributed by atoms with van der Waals surface area (Å²) in [6.07, 6.45) is 0.0107. The number of nitrogens with one attached hydrogen (secondary N) is 1. The lowest BCUT2D eigenvalue weighted by atomic mass is 10.1. The van der Waals surface area contributed by atoms with Crippen LogP contribution in [0.15, 0.2) is 53.4 Å². The molecule has 0 radical (unpaired) electrons. The Morgan fingerprint density at radius 3 is 2.44 bits per heavy atom. The normalized spacial score (nSPS) is 10.3. The van der Waals surface area contributed by atoms with Gasteiger partial charge in [0.15, 0.2) is 6.61 Å². The molecule has 1 N–H and O–H groups in total. The van der Waals surface area contributed by atoms with E-state index >= 15 is 0 Å². The number of carbonyl (C=O) groups is 2. The Hall–Kier alpha value is -2.34. The van der Waals surface area contributed by atoms with Gasteiger partial charge in [-0.05, 0) is 36.8 Å². The van der Waals surface area contributed by atoms with Crippen LogP contribution in [-0.2, 0) is 20.7 Å². The number of rotatable bonds is 8. The van der Waals surface area contributed by atoms with E-state index in [2.05, 4.69) is 5.32 Å². The Bertz CT molecular complexity index is 702. The predicted octanol–water partition coefficient (Wildman–Crippen LogP) is 3.13. The zero-order valence-corrected chi connectivity index (χ0v) is 14.8. The molecule has 2 rings (SSSR count). The molecule has 0 spiro atoms. The summed E-state index contributed by atoms with van der Waals surface area (Å²) in [6, 6.07) is 13.8. The molecular weight excluding hydrogens is 341 g/mol. The number of aryl methyl sites for hydroxylation is 1. The van der Waals surface area contributed by atoms with Gasteiger partial charge < -0.3 is 10.1 Å². The summed E-state index contributed by atoms with van der Waals surface area (Å²) in [5.74, 6) is -0.481. The summed E-state index contributed by atoms with van der Waals surface area (Å²) in [6.45, 7) is 2.22. The van der Waals surface area contributed by atoms with Crippen LogP contribution in [0.2, 0.25) is 0 Å². The molecule has 4 nitrogen and oxygen atoms in total. The Morgan fingerprint density at radius 2 is 1.76 bits per heavy atom. The third-order valence-corrected chi connectivity index (χ3v) is 4.35. The van der Waals surface area contributed by atoms with Crippen molar-refractivity contribution in [1.29, 1.82) is 0 Å². The Labute approximate surface area is 150 Å². The second kappa shape index (κ2) is 9.84. The van der Waals surface area contributed by atoms with E-state index in [0.717, 1.165) is 10.6 Å². The van der Waals surface area contributed by atoms with Crippen LogP contribution in [0.5, 0.6) is 0 Å². The highest BCUT2D eigenvalue weighted by Gasteiger charge is 2.08. The lowest BCUT2D eigenvalue weighted by Crippen LogP contribution is -2.30. The molecule has 132 valence electrons. The van der Waals surface area contributed by atoms with Gasteiger partial charge in [0.2, 0.25) is 0 Å². The number of ether oxygens (including phenoxy) is 1. The van der Waals surface area contributed by atoms with Crippen LogP contribution in [0.25, 0.3) is 0 Å². The first kappa shape index (κ1) is 19.0. The fraction of sp³-hybridized carbons (Fsp3) is 0.263. The van der Waals surface area contributed by atoms with E-state index in [0.29, 0.717) is 12.1 Å². The lowest BCUT2D eigenvalue weighted by Gasteiger charge is -2.07. The molecule has 0 unspecified atom stereocenters. The number of amides is 1. The number of halogens is 1. The molecule has 0 bridgehead atoms. The van der Waals surface area contributed by atoms with Crippen molar-refractivity contribution in [2.45, 2.75) is 18.2 Å². The van der Waals surface area contributed by atoms with Crippen molar-refractivity contribution in [3.8, 4) is 0 Å². The Balaban J connectivity index is 1.59. The second-order valence-corrected chi connectivity index (χ2v) is 6.64. The third kappa shape index (κ3) is 7.39. The van der Waals surface area contributed by atoms with Crippen molar-refractivity contribution in [2.24, 2.45) is 0 Å². The van der Waals surface area contributed by atoms with Gasteiger partial charge in [-0.15, -0.1) is 11.8 Å². The maximum absolute atomic E-state index is 12.8. The van der Waals surface area contributed by atoms with Crippen molar-refractivity contribution in [3.63, 3.8) is 0 Å². The molecule has 0 aliphatic carbocycles. The molecule has 0 atom stereocenters. The largest absolute Gasteiger partial charge is 0.455 e. The standard InChI is InChI=1S/C19H20FNO3S/c1-14-2-8-17(9-3-14)25-11-10-21-18(22)13-24-19(23)12-15-4-6-16(20)7-5-15/h2-9H,10-13H2,1H3,(H,21,22). The van der Waals surface area contributed by atoms with Crippen LogP contribution in [0.1, 0.15) is 11.1 Å². The van der Waals surface area contributed by atoms with E-state index in [9.17, 15) is 14.0 Å². The maximum atomic E-state index is 12.8. The minimum Gasteiger partial charge on any atom is -0.455 e. The predicted molar refractivity (Wildman–Crippen MR) is 96.0 cm³/mol. The Kier molecular flexibility index (Phi) is 7.47. The molecule has 0 aliphatic heterocycles. The van der Waals surface area contributed by atoms with Crippen molar-refractivity contribution in [1.82, 2.24) is 5.32 Å². The SMILES string of the molecule is Cc1ccc(SCCNC(=O)COC(=O)Cc2ccc(F)cc2)cc1. The molecule has 2 aromatic carbocycles. The molecule has 2 aromatic rings. The number of esters is 1. The number of benzene rings is 2. The molecule has 0 saturated carbocycles. The van der Waals surface area contributed by atoms with Crippen LogP contribution >= 0.6 is 11.8 Å². The average molecular weight is 361 g/mol. The highest BCUT2D eigenvalue weighted by atomic mass is 32.2. The molecule has 0 aromatic heterocycles. The van der Waals surface area contributed by atoms with Crippen LogP contribution in [0.4, 0.5) is 4.39 Å². The molecule has 6 heteroatoms. The van der Waals surface area contributed by atoms with Crippen molar-refractivity contribution < 1.29 is 18.7 Å². The van der Waals surface area contributed by atoms with Crippen LogP contribution in [0, 0.1) is 12.7 Å². The summed E-state index contributed by atoms with van der Waals surface area (Å²) in [5, 5.41) is 2.70. The zero-order chi connectivity index (χ0) is 18.1. The summed E-state index contributed by atoms with van der Waals surface area (Å²) in [7, 11) is 0. The summed E-state index contributed by atoms with van der Waals surface area (Å²) < 4.78 is 17.7. The minimum absolute atomic E-state index is 0.0107. The van der Waals surface area contributed by atoms with Gasteiger partial charge in [-0.2, -0.15) is 0 Å².